The van der Waals surface area contributed by atoms with E-state index in [0.29, 0.717) is 17.4 Å². The van der Waals surface area contributed by atoms with E-state index in [9.17, 15) is 4.79 Å². The van der Waals surface area contributed by atoms with Crippen molar-refractivity contribution in [2.24, 2.45) is 0 Å². The van der Waals surface area contributed by atoms with Gasteiger partial charge in [-0.25, -0.2) is 0 Å². The van der Waals surface area contributed by atoms with Crippen molar-refractivity contribution in [3.05, 3.63) is 54.4 Å². The zero-order valence-corrected chi connectivity index (χ0v) is 13.2. The Morgan fingerprint density at radius 1 is 1.22 bits per heavy atom. The lowest BCUT2D eigenvalue weighted by atomic mass is 10.0. The molecule has 5 heteroatoms. The van der Waals surface area contributed by atoms with Crippen molar-refractivity contribution in [2.45, 2.75) is 18.9 Å². The van der Waals surface area contributed by atoms with Crippen LogP contribution < -0.4 is 10.1 Å². The summed E-state index contributed by atoms with van der Waals surface area (Å²) in [6, 6.07) is 11.7. The van der Waals surface area contributed by atoms with E-state index in [0.717, 1.165) is 31.6 Å². The average molecular weight is 311 g/mol. The summed E-state index contributed by atoms with van der Waals surface area (Å²) in [6.07, 6.45) is 5.44. The van der Waals surface area contributed by atoms with Crippen LogP contribution in [0.2, 0.25) is 0 Å². The second-order valence-corrected chi connectivity index (χ2v) is 5.65. The molecule has 120 valence electrons. The number of rotatable bonds is 4. The number of piperidine rings is 1. The van der Waals surface area contributed by atoms with Crippen molar-refractivity contribution in [2.75, 3.05) is 25.5 Å². The van der Waals surface area contributed by atoms with Crippen LogP contribution in [0.15, 0.2) is 48.8 Å². The Hall–Kier alpha value is -2.56. The number of para-hydroxylation sites is 1. The standard InChI is InChI=1S/C18H21N3O2/c1-23-17-7-3-2-6-16(17)18(22)21-11-8-14(9-12-21)20-15-5-4-10-19-13-15/h2-7,10,13-14,20H,8-9,11-12H2,1H3. The minimum absolute atomic E-state index is 0.0438. The van der Waals surface area contributed by atoms with Crippen LogP contribution in [0.4, 0.5) is 5.69 Å². The number of pyridine rings is 1. The summed E-state index contributed by atoms with van der Waals surface area (Å²) in [4.78, 5) is 18.7. The number of hydrogen-bond donors (Lipinski definition) is 1. The monoisotopic (exact) mass is 311 g/mol. The fourth-order valence-electron chi connectivity index (χ4n) is 2.90. The molecule has 1 aliphatic heterocycles. The Morgan fingerprint density at radius 3 is 2.70 bits per heavy atom. The predicted octanol–water partition coefficient (Wildman–Crippen LogP) is 2.81. The molecule has 1 aromatic carbocycles. The summed E-state index contributed by atoms with van der Waals surface area (Å²) in [5.74, 6) is 0.676. The van der Waals surface area contributed by atoms with E-state index in [1.165, 1.54) is 0 Å². The molecule has 0 bridgehead atoms. The second kappa shape index (κ2) is 7.13. The minimum Gasteiger partial charge on any atom is -0.496 e. The number of amides is 1. The normalized spacial score (nSPS) is 15.3. The van der Waals surface area contributed by atoms with E-state index < -0.39 is 0 Å². The highest BCUT2D eigenvalue weighted by atomic mass is 16.5. The van der Waals surface area contributed by atoms with Crippen LogP contribution in [-0.2, 0) is 0 Å². The third-order valence-electron chi connectivity index (χ3n) is 4.15. The maximum Gasteiger partial charge on any atom is 0.257 e. The molecule has 1 aliphatic rings. The first-order valence-electron chi connectivity index (χ1n) is 7.87. The molecular formula is C18H21N3O2. The Balaban J connectivity index is 1.59. The first-order chi connectivity index (χ1) is 11.3. The van der Waals surface area contributed by atoms with Crippen LogP contribution in [0, 0.1) is 0 Å². The van der Waals surface area contributed by atoms with E-state index in [-0.39, 0.29) is 5.91 Å². The molecule has 0 aliphatic carbocycles. The molecule has 2 heterocycles. The van der Waals surface area contributed by atoms with Crippen molar-refractivity contribution in [1.82, 2.24) is 9.88 Å². The van der Waals surface area contributed by atoms with Gasteiger partial charge in [0.25, 0.3) is 5.91 Å². The molecule has 1 saturated heterocycles. The summed E-state index contributed by atoms with van der Waals surface area (Å²) in [5, 5.41) is 3.48. The number of ether oxygens (including phenoxy) is 1. The quantitative estimate of drug-likeness (QED) is 0.943. The number of benzene rings is 1. The third-order valence-corrected chi connectivity index (χ3v) is 4.15. The molecule has 0 atom stereocenters. The molecule has 1 aromatic heterocycles. The van der Waals surface area contributed by atoms with Crippen LogP contribution in [0.3, 0.4) is 0 Å². The van der Waals surface area contributed by atoms with Gasteiger partial charge in [0.15, 0.2) is 0 Å². The van der Waals surface area contributed by atoms with Gasteiger partial charge in [-0.1, -0.05) is 12.1 Å². The molecule has 2 aromatic rings. The van der Waals surface area contributed by atoms with Crippen molar-refractivity contribution >= 4 is 11.6 Å². The smallest absolute Gasteiger partial charge is 0.257 e. The zero-order valence-electron chi connectivity index (χ0n) is 13.2. The van der Waals surface area contributed by atoms with Crippen molar-refractivity contribution in [3.63, 3.8) is 0 Å². The van der Waals surface area contributed by atoms with Gasteiger partial charge in [0.1, 0.15) is 5.75 Å². The van der Waals surface area contributed by atoms with Crippen LogP contribution in [0.1, 0.15) is 23.2 Å². The Labute approximate surface area is 136 Å². The van der Waals surface area contributed by atoms with Gasteiger partial charge in [-0.2, -0.15) is 0 Å². The van der Waals surface area contributed by atoms with Crippen LogP contribution in [0.25, 0.3) is 0 Å². The molecule has 1 fully saturated rings. The van der Waals surface area contributed by atoms with Crippen molar-refractivity contribution in [1.29, 1.82) is 0 Å². The summed E-state index contributed by atoms with van der Waals surface area (Å²) in [5.41, 5.74) is 1.66. The van der Waals surface area contributed by atoms with Gasteiger partial charge in [0, 0.05) is 31.5 Å². The number of hydrogen-bond acceptors (Lipinski definition) is 4. The van der Waals surface area contributed by atoms with Gasteiger partial charge in [0.05, 0.1) is 18.4 Å². The highest BCUT2D eigenvalue weighted by Gasteiger charge is 2.25. The molecule has 0 saturated carbocycles. The number of likely N-dealkylation sites (tertiary alicyclic amines) is 1. The Kier molecular flexibility index (Phi) is 4.76. The highest BCUT2D eigenvalue weighted by molar-refractivity contribution is 5.97. The number of aromatic nitrogens is 1. The van der Waals surface area contributed by atoms with Crippen molar-refractivity contribution in [3.8, 4) is 5.75 Å². The molecule has 3 rings (SSSR count). The zero-order chi connectivity index (χ0) is 16.1. The summed E-state index contributed by atoms with van der Waals surface area (Å²) >= 11 is 0. The van der Waals surface area contributed by atoms with Gasteiger partial charge in [-0.05, 0) is 37.1 Å². The van der Waals surface area contributed by atoms with Gasteiger partial charge >= 0.3 is 0 Å². The van der Waals surface area contributed by atoms with E-state index in [1.807, 2.05) is 47.5 Å². The molecule has 5 nitrogen and oxygen atoms in total. The molecule has 0 spiro atoms. The topological polar surface area (TPSA) is 54.5 Å². The predicted molar refractivity (Wildman–Crippen MR) is 89.8 cm³/mol. The summed E-state index contributed by atoms with van der Waals surface area (Å²) in [6.45, 7) is 1.49. The van der Waals surface area contributed by atoms with Crippen LogP contribution >= 0.6 is 0 Å². The van der Waals surface area contributed by atoms with Gasteiger partial charge in [-0.3, -0.25) is 9.78 Å². The Bertz CT molecular complexity index is 652. The first kappa shape index (κ1) is 15.3. The second-order valence-electron chi connectivity index (χ2n) is 5.65. The van der Waals surface area contributed by atoms with Gasteiger partial charge < -0.3 is 15.0 Å². The van der Waals surface area contributed by atoms with Crippen LogP contribution in [-0.4, -0.2) is 42.0 Å². The maximum atomic E-state index is 12.7. The fourth-order valence-corrected chi connectivity index (χ4v) is 2.90. The van der Waals surface area contributed by atoms with Crippen molar-refractivity contribution < 1.29 is 9.53 Å². The molecule has 1 N–H and O–H groups in total. The lowest BCUT2D eigenvalue weighted by molar-refractivity contribution is 0.0715. The number of nitrogens with zero attached hydrogens (tertiary/aromatic N) is 2. The summed E-state index contributed by atoms with van der Waals surface area (Å²) in [7, 11) is 1.59. The minimum atomic E-state index is 0.0438. The van der Waals surface area contributed by atoms with E-state index in [2.05, 4.69) is 10.3 Å². The molecule has 1 amide bonds. The fraction of sp³-hybridized carbons (Fsp3) is 0.333. The number of anilines is 1. The molecule has 23 heavy (non-hydrogen) atoms. The lowest BCUT2D eigenvalue weighted by Crippen LogP contribution is -2.42. The van der Waals surface area contributed by atoms with Crippen LogP contribution in [0.5, 0.6) is 5.75 Å². The number of carbonyl (C=O) groups excluding carboxylic acids is 1. The number of carbonyl (C=O) groups is 1. The molecular weight excluding hydrogens is 290 g/mol. The van der Waals surface area contributed by atoms with E-state index in [1.54, 1.807) is 13.3 Å². The average Bonchev–Trinajstić information content (AvgIpc) is 2.62. The highest BCUT2D eigenvalue weighted by Crippen LogP contribution is 2.22. The number of nitrogens with one attached hydrogen (secondary N) is 1. The molecule has 0 radical (unpaired) electrons. The van der Waals surface area contributed by atoms with Gasteiger partial charge in [0.2, 0.25) is 0 Å². The SMILES string of the molecule is COc1ccccc1C(=O)N1CCC(Nc2cccnc2)CC1. The van der Waals surface area contributed by atoms with E-state index >= 15 is 0 Å². The third kappa shape index (κ3) is 3.62. The molecule has 0 unspecified atom stereocenters. The largest absolute Gasteiger partial charge is 0.496 e. The maximum absolute atomic E-state index is 12.7. The lowest BCUT2D eigenvalue weighted by Gasteiger charge is -2.33. The first-order valence-corrected chi connectivity index (χ1v) is 7.87. The number of methoxy groups -OCH3 is 1. The van der Waals surface area contributed by atoms with Gasteiger partial charge in [-0.15, -0.1) is 0 Å². The Morgan fingerprint density at radius 2 is 2.00 bits per heavy atom. The van der Waals surface area contributed by atoms with E-state index in [4.69, 9.17) is 4.74 Å². The summed E-state index contributed by atoms with van der Waals surface area (Å²) < 4.78 is 5.29.